The van der Waals surface area contributed by atoms with Gasteiger partial charge in [-0.2, -0.15) is 5.26 Å². The van der Waals surface area contributed by atoms with Crippen molar-refractivity contribution in [3.05, 3.63) is 34.9 Å². The largest absolute Gasteiger partial charge is 0.326 e. The van der Waals surface area contributed by atoms with Gasteiger partial charge in [-0.15, -0.1) is 0 Å². The number of nitriles is 1. The minimum absolute atomic E-state index is 0.0146. The lowest BCUT2D eigenvalue weighted by atomic mass is 9.98. The Balaban J connectivity index is 2.27. The van der Waals surface area contributed by atoms with Crippen molar-refractivity contribution >= 4 is 11.6 Å². The molecule has 4 heteroatoms. The standard InChI is InChI=1S/C15H20ClN3/c1-11(18)15(13-5-2-3-6-14(13)16)19(10-4-9-17)12-7-8-12/h2-3,5-6,11-12,15H,4,7-8,10,18H2,1H3. The molecule has 2 N–H and O–H groups in total. The molecule has 1 aliphatic carbocycles. The maximum Gasteiger partial charge on any atom is 0.0635 e. The van der Waals surface area contributed by atoms with E-state index < -0.39 is 0 Å². The Bertz CT molecular complexity index is 463. The van der Waals surface area contributed by atoms with Crippen molar-refractivity contribution in [1.29, 1.82) is 5.26 Å². The maximum atomic E-state index is 8.83. The summed E-state index contributed by atoms with van der Waals surface area (Å²) in [5.74, 6) is 0. The average molecular weight is 278 g/mol. The third kappa shape index (κ3) is 3.48. The van der Waals surface area contributed by atoms with E-state index >= 15 is 0 Å². The number of benzene rings is 1. The number of rotatable bonds is 6. The van der Waals surface area contributed by atoms with Gasteiger partial charge in [0.2, 0.25) is 0 Å². The lowest BCUT2D eigenvalue weighted by Crippen LogP contribution is -2.41. The molecule has 1 aliphatic rings. The van der Waals surface area contributed by atoms with Crippen LogP contribution in [-0.2, 0) is 0 Å². The van der Waals surface area contributed by atoms with E-state index in [0.717, 1.165) is 17.1 Å². The van der Waals surface area contributed by atoms with Crippen LogP contribution in [-0.4, -0.2) is 23.5 Å². The Morgan fingerprint density at radius 2 is 2.16 bits per heavy atom. The molecule has 0 amide bonds. The van der Waals surface area contributed by atoms with Crippen LogP contribution in [0, 0.1) is 11.3 Å². The Morgan fingerprint density at radius 3 is 2.68 bits per heavy atom. The monoisotopic (exact) mass is 277 g/mol. The summed E-state index contributed by atoms with van der Waals surface area (Å²) in [6.45, 7) is 2.77. The van der Waals surface area contributed by atoms with E-state index in [4.69, 9.17) is 22.6 Å². The smallest absolute Gasteiger partial charge is 0.0635 e. The van der Waals surface area contributed by atoms with Crippen molar-refractivity contribution < 1.29 is 0 Å². The molecule has 1 aromatic rings. The summed E-state index contributed by atoms with van der Waals surface area (Å²) in [6, 6.07) is 10.7. The molecule has 1 saturated carbocycles. The van der Waals surface area contributed by atoms with E-state index in [1.54, 1.807) is 0 Å². The van der Waals surface area contributed by atoms with Gasteiger partial charge < -0.3 is 5.73 Å². The second-order valence-electron chi connectivity index (χ2n) is 5.20. The number of hydrogen-bond acceptors (Lipinski definition) is 3. The molecule has 0 aliphatic heterocycles. The van der Waals surface area contributed by atoms with Crippen molar-refractivity contribution in [1.82, 2.24) is 4.90 Å². The van der Waals surface area contributed by atoms with Crippen LogP contribution < -0.4 is 5.73 Å². The maximum absolute atomic E-state index is 8.83. The van der Waals surface area contributed by atoms with Gasteiger partial charge >= 0.3 is 0 Å². The van der Waals surface area contributed by atoms with Crippen molar-refractivity contribution in [2.45, 2.75) is 44.3 Å². The van der Waals surface area contributed by atoms with E-state index in [-0.39, 0.29) is 12.1 Å². The van der Waals surface area contributed by atoms with Crippen LogP contribution in [0.3, 0.4) is 0 Å². The highest BCUT2D eigenvalue weighted by atomic mass is 35.5. The molecule has 2 rings (SSSR count). The van der Waals surface area contributed by atoms with Crippen LogP contribution >= 0.6 is 11.6 Å². The van der Waals surface area contributed by atoms with E-state index in [9.17, 15) is 0 Å². The van der Waals surface area contributed by atoms with Gasteiger partial charge in [0, 0.05) is 30.1 Å². The zero-order valence-electron chi connectivity index (χ0n) is 11.2. The fourth-order valence-corrected chi connectivity index (χ4v) is 2.86. The topological polar surface area (TPSA) is 53.0 Å². The molecule has 0 radical (unpaired) electrons. The predicted octanol–water partition coefficient (Wildman–Crippen LogP) is 3.11. The Labute approximate surface area is 120 Å². The van der Waals surface area contributed by atoms with E-state index in [0.29, 0.717) is 12.5 Å². The minimum Gasteiger partial charge on any atom is -0.326 e. The normalized spacial score (nSPS) is 18.1. The first-order valence-corrected chi connectivity index (χ1v) is 7.15. The molecule has 19 heavy (non-hydrogen) atoms. The molecular formula is C15H20ClN3. The highest BCUT2D eigenvalue weighted by molar-refractivity contribution is 6.31. The molecular weight excluding hydrogens is 258 g/mol. The Hall–Kier alpha value is -1.08. The van der Waals surface area contributed by atoms with Gasteiger partial charge in [0.25, 0.3) is 0 Å². The molecule has 1 fully saturated rings. The molecule has 0 bridgehead atoms. The van der Waals surface area contributed by atoms with Crippen LogP contribution in [0.1, 0.15) is 37.8 Å². The van der Waals surface area contributed by atoms with E-state index in [1.165, 1.54) is 12.8 Å². The summed E-state index contributed by atoms with van der Waals surface area (Å²) in [6.07, 6.45) is 2.92. The van der Waals surface area contributed by atoms with Gasteiger partial charge in [-0.1, -0.05) is 29.8 Å². The van der Waals surface area contributed by atoms with Crippen molar-refractivity contribution in [2.24, 2.45) is 5.73 Å². The number of halogens is 1. The second-order valence-corrected chi connectivity index (χ2v) is 5.61. The van der Waals surface area contributed by atoms with Crippen LogP contribution in [0.25, 0.3) is 0 Å². The first kappa shape index (κ1) is 14.3. The highest BCUT2D eigenvalue weighted by Gasteiger charge is 2.36. The summed E-state index contributed by atoms with van der Waals surface area (Å²) in [7, 11) is 0. The van der Waals surface area contributed by atoms with Crippen LogP contribution in [0.5, 0.6) is 0 Å². The number of nitrogens with zero attached hydrogens (tertiary/aromatic N) is 2. The van der Waals surface area contributed by atoms with Gasteiger partial charge in [0.1, 0.15) is 0 Å². The summed E-state index contributed by atoms with van der Waals surface area (Å²) in [4.78, 5) is 2.36. The van der Waals surface area contributed by atoms with Crippen molar-refractivity contribution in [3.8, 4) is 6.07 Å². The molecule has 0 spiro atoms. The van der Waals surface area contributed by atoms with Crippen LogP contribution in [0.15, 0.2) is 24.3 Å². The molecule has 3 nitrogen and oxygen atoms in total. The average Bonchev–Trinajstić information content (AvgIpc) is 3.20. The highest BCUT2D eigenvalue weighted by Crippen LogP contribution is 2.37. The van der Waals surface area contributed by atoms with E-state index in [2.05, 4.69) is 11.0 Å². The number of nitrogens with two attached hydrogens (primary N) is 1. The molecule has 0 aromatic heterocycles. The van der Waals surface area contributed by atoms with Gasteiger partial charge in [-0.25, -0.2) is 0 Å². The minimum atomic E-state index is -0.0146. The van der Waals surface area contributed by atoms with Crippen molar-refractivity contribution in [3.63, 3.8) is 0 Å². The lowest BCUT2D eigenvalue weighted by Gasteiger charge is -2.35. The summed E-state index contributed by atoms with van der Waals surface area (Å²) < 4.78 is 0. The zero-order valence-corrected chi connectivity index (χ0v) is 12.0. The van der Waals surface area contributed by atoms with Gasteiger partial charge in [-0.05, 0) is 31.4 Å². The zero-order chi connectivity index (χ0) is 13.8. The Kier molecular flexibility index (Phi) is 4.81. The van der Waals surface area contributed by atoms with Gasteiger partial charge in [-0.3, -0.25) is 4.90 Å². The fourth-order valence-electron chi connectivity index (χ4n) is 2.61. The molecule has 0 heterocycles. The second kappa shape index (κ2) is 6.38. The molecule has 0 saturated heterocycles. The summed E-state index contributed by atoms with van der Waals surface area (Å²) in [5.41, 5.74) is 7.27. The van der Waals surface area contributed by atoms with E-state index in [1.807, 2.05) is 31.2 Å². The lowest BCUT2D eigenvalue weighted by molar-refractivity contribution is 0.170. The summed E-state index contributed by atoms with van der Waals surface area (Å²) >= 11 is 6.32. The van der Waals surface area contributed by atoms with Gasteiger partial charge in [0.05, 0.1) is 12.1 Å². The summed E-state index contributed by atoms with van der Waals surface area (Å²) in [5, 5.41) is 9.59. The third-order valence-corrected chi connectivity index (χ3v) is 3.92. The first-order chi connectivity index (χ1) is 9.15. The molecule has 2 unspecified atom stereocenters. The van der Waals surface area contributed by atoms with Crippen LogP contribution in [0.2, 0.25) is 5.02 Å². The molecule has 102 valence electrons. The molecule has 2 atom stereocenters. The quantitative estimate of drug-likeness (QED) is 0.869. The van der Waals surface area contributed by atoms with Crippen LogP contribution in [0.4, 0.5) is 0 Å². The third-order valence-electron chi connectivity index (χ3n) is 3.58. The first-order valence-electron chi connectivity index (χ1n) is 6.78. The SMILES string of the molecule is CC(N)C(c1ccccc1Cl)N(CCC#N)C1CC1. The predicted molar refractivity (Wildman–Crippen MR) is 77.8 cm³/mol. The van der Waals surface area contributed by atoms with Gasteiger partial charge in [0.15, 0.2) is 0 Å². The molecule has 1 aromatic carbocycles. The fraction of sp³-hybridized carbons (Fsp3) is 0.533. The number of hydrogen-bond donors (Lipinski definition) is 1. The van der Waals surface area contributed by atoms with Crippen molar-refractivity contribution in [2.75, 3.05) is 6.54 Å². The Morgan fingerprint density at radius 1 is 1.47 bits per heavy atom.